The van der Waals surface area contributed by atoms with Crippen LogP contribution in [0.2, 0.25) is 0 Å². The molecule has 2 fully saturated rings. The molecular weight excluding hydrogens is 192 g/mol. The minimum Gasteiger partial charge on any atom is -0.379 e. The molecule has 0 radical (unpaired) electrons. The van der Waals surface area contributed by atoms with E-state index in [2.05, 4.69) is 22.1 Å². The number of rotatable bonds is 3. The molecule has 0 bridgehead atoms. The van der Waals surface area contributed by atoms with Crippen molar-refractivity contribution >= 4 is 0 Å². The maximum atomic E-state index is 5.30. The van der Waals surface area contributed by atoms with E-state index in [1.807, 2.05) is 0 Å². The Morgan fingerprint density at radius 2 is 1.47 bits per heavy atom. The van der Waals surface area contributed by atoms with E-state index in [4.69, 9.17) is 9.47 Å². The second-order valence-corrected chi connectivity index (χ2v) is 3.95. The second-order valence-electron chi connectivity index (χ2n) is 3.95. The van der Waals surface area contributed by atoms with E-state index in [1.165, 1.54) is 0 Å². The molecule has 0 aromatic carbocycles. The van der Waals surface area contributed by atoms with Crippen molar-refractivity contribution in [2.24, 2.45) is 0 Å². The monoisotopic (exact) mass is 212 g/mol. The van der Waals surface area contributed by atoms with Crippen molar-refractivity contribution in [2.45, 2.75) is 0 Å². The highest BCUT2D eigenvalue weighted by molar-refractivity contribution is 4.86. The van der Waals surface area contributed by atoms with Crippen LogP contribution >= 0.6 is 0 Å². The molecule has 2 heterocycles. The van der Waals surface area contributed by atoms with Crippen LogP contribution in [0.5, 0.6) is 0 Å². The van der Waals surface area contributed by atoms with E-state index in [1.54, 1.807) is 0 Å². The van der Waals surface area contributed by atoms with Crippen LogP contribution in [0.3, 0.4) is 0 Å². The van der Waals surface area contributed by atoms with Gasteiger partial charge in [0.15, 0.2) is 0 Å². The summed E-state index contributed by atoms with van der Waals surface area (Å²) in [6, 6.07) is 0. The van der Waals surface area contributed by atoms with Gasteiger partial charge in [-0.15, -0.1) is 0 Å². The van der Waals surface area contributed by atoms with Gasteiger partial charge in [-0.25, -0.2) is 0 Å². The van der Waals surface area contributed by atoms with Crippen molar-refractivity contribution < 1.29 is 9.47 Å². The summed E-state index contributed by atoms with van der Waals surface area (Å²) in [5.41, 5.74) is 0. The van der Waals surface area contributed by atoms with Gasteiger partial charge in [0.05, 0.1) is 26.4 Å². The first-order valence-corrected chi connectivity index (χ1v) is 5.74. The van der Waals surface area contributed by atoms with Crippen molar-refractivity contribution in [1.82, 2.24) is 9.80 Å². The zero-order valence-corrected chi connectivity index (χ0v) is 9.23. The van der Waals surface area contributed by atoms with Crippen LogP contribution < -0.4 is 0 Å². The van der Waals surface area contributed by atoms with Crippen LogP contribution in [-0.2, 0) is 9.47 Å². The van der Waals surface area contributed by atoms with E-state index >= 15 is 0 Å². The van der Waals surface area contributed by atoms with Gasteiger partial charge in [0.1, 0.15) is 0 Å². The summed E-state index contributed by atoms with van der Waals surface area (Å²) in [6.07, 6.45) is 4.45. The molecule has 0 spiro atoms. The minimum atomic E-state index is 0.863. The number of nitrogens with zero attached hydrogens (tertiary/aromatic N) is 2. The van der Waals surface area contributed by atoms with Crippen LogP contribution in [0.15, 0.2) is 12.3 Å². The Balaban J connectivity index is 1.64. The number of hydrogen-bond donors (Lipinski definition) is 0. The van der Waals surface area contributed by atoms with Gasteiger partial charge in [-0.3, -0.25) is 4.90 Å². The third-order valence-electron chi connectivity index (χ3n) is 2.83. The highest BCUT2D eigenvalue weighted by Crippen LogP contribution is 1.99. The van der Waals surface area contributed by atoms with Crippen LogP contribution in [0, 0.1) is 0 Å². The van der Waals surface area contributed by atoms with E-state index in [0.29, 0.717) is 0 Å². The second kappa shape index (κ2) is 6.10. The zero-order chi connectivity index (χ0) is 10.3. The topological polar surface area (TPSA) is 24.9 Å². The fourth-order valence-corrected chi connectivity index (χ4v) is 1.86. The van der Waals surface area contributed by atoms with Crippen molar-refractivity contribution in [2.75, 3.05) is 59.2 Å². The molecule has 86 valence electrons. The van der Waals surface area contributed by atoms with Crippen molar-refractivity contribution in [1.29, 1.82) is 0 Å². The summed E-state index contributed by atoms with van der Waals surface area (Å²) in [5.74, 6) is 0. The van der Waals surface area contributed by atoms with Crippen molar-refractivity contribution in [3.05, 3.63) is 12.3 Å². The summed E-state index contributed by atoms with van der Waals surface area (Å²) < 4.78 is 10.6. The van der Waals surface area contributed by atoms with E-state index in [-0.39, 0.29) is 0 Å². The highest BCUT2D eigenvalue weighted by Gasteiger charge is 2.08. The van der Waals surface area contributed by atoms with Crippen molar-refractivity contribution in [3.8, 4) is 0 Å². The third kappa shape index (κ3) is 3.81. The summed E-state index contributed by atoms with van der Waals surface area (Å²) in [4.78, 5) is 4.74. The first-order chi connectivity index (χ1) is 7.45. The Morgan fingerprint density at radius 3 is 2.13 bits per heavy atom. The lowest BCUT2D eigenvalue weighted by Gasteiger charge is -2.27. The summed E-state index contributed by atoms with van der Waals surface area (Å²) >= 11 is 0. The Labute approximate surface area is 91.4 Å². The van der Waals surface area contributed by atoms with Gasteiger partial charge in [0.2, 0.25) is 0 Å². The normalized spacial score (nSPS) is 24.9. The lowest BCUT2D eigenvalue weighted by molar-refractivity contribution is 0.0426. The molecule has 0 unspecified atom stereocenters. The van der Waals surface area contributed by atoms with Crippen LogP contribution in [0.1, 0.15) is 0 Å². The molecule has 15 heavy (non-hydrogen) atoms. The fraction of sp³-hybridized carbons (Fsp3) is 0.818. The molecule has 0 N–H and O–H groups in total. The largest absolute Gasteiger partial charge is 0.379 e. The first kappa shape index (κ1) is 10.9. The minimum absolute atomic E-state index is 0.863. The molecule has 2 aliphatic heterocycles. The SMILES string of the molecule is C(=C\N1CCOCC1)/CN1CCOCC1. The van der Waals surface area contributed by atoms with Gasteiger partial charge in [-0.05, 0) is 6.20 Å². The third-order valence-corrected chi connectivity index (χ3v) is 2.83. The zero-order valence-electron chi connectivity index (χ0n) is 9.23. The van der Waals surface area contributed by atoms with Crippen molar-refractivity contribution in [3.63, 3.8) is 0 Å². The number of hydrogen-bond acceptors (Lipinski definition) is 4. The fourth-order valence-electron chi connectivity index (χ4n) is 1.86. The molecular formula is C11H20N2O2. The lowest BCUT2D eigenvalue weighted by Crippen LogP contribution is -2.36. The lowest BCUT2D eigenvalue weighted by atomic mass is 10.4. The smallest absolute Gasteiger partial charge is 0.0642 e. The average Bonchev–Trinajstić information content (AvgIpc) is 2.32. The summed E-state index contributed by atoms with van der Waals surface area (Å²) in [5, 5.41) is 0. The van der Waals surface area contributed by atoms with E-state index in [0.717, 1.165) is 59.2 Å². The molecule has 0 saturated carbocycles. The van der Waals surface area contributed by atoms with Crippen LogP contribution in [-0.4, -0.2) is 69.0 Å². The summed E-state index contributed by atoms with van der Waals surface area (Å²) in [6.45, 7) is 8.71. The predicted octanol–water partition coefficient (Wildman–Crippen LogP) is 0.164. The van der Waals surface area contributed by atoms with Gasteiger partial charge >= 0.3 is 0 Å². The van der Waals surface area contributed by atoms with E-state index < -0.39 is 0 Å². The maximum Gasteiger partial charge on any atom is 0.0642 e. The van der Waals surface area contributed by atoms with Gasteiger partial charge in [0, 0.05) is 32.7 Å². The van der Waals surface area contributed by atoms with Gasteiger partial charge in [-0.2, -0.15) is 0 Å². The molecule has 4 heteroatoms. The molecule has 0 aliphatic carbocycles. The molecule has 0 amide bonds. The summed E-state index contributed by atoms with van der Waals surface area (Å²) in [7, 11) is 0. The van der Waals surface area contributed by atoms with Gasteiger partial charge < -0.3 is 14.4 Å². The standard InChI is InChI=1S/C11H20N2O2/c1(2-12-4-8-14-9-5-12)3-13-6-10-15-11-7-13/h1-2H,3-11H2/b2-1+. The molecule has 0 atom stereocenters. The average molecular weight is 212 g/mol. The molecule has 0 aromatic rings. The molecule has 0 aromatic heterocycles. The van der Waals surface area contributed by atoms with Crippen LogP contribution in [0.4, 0.5) is 0 Å². The Bertz CT molecular complexity index is 197. The van der Waals surface area contributed by atoms with E-state index in [9.17, 15) is 0 Å². The maximum absolute atomic E-state index is 5.30. The molecule has 2 rings (SSSR count). The molecule has 2 aliphatic rings. The predicted molar refractivity (Wildman–Crippen MR) is 58.8 cm³/mol. The number of morpholine rings is 2. The Kier molecular flexibility index (Phi) is 4.44. The Morgan fingerprint density at radius 1 is 0.867 bits per heavy atom. The molecule has 4 nitrogen and oxygen atoms in total. The number of ether oxygens (including phenoxy) is 2. The van der Waals surface area contributed by atoms with Gasteiger partial charge in [0.25, 0.3) is 0 Å². The quantitative estimate of drug-likeness (QED) is 0.665. The Hall–Kier alpha value is -0.580. The first-order valence-electron chi connectivity index (χ1n) is 5.74. The highest BCUT2D eigenvalue weighted by atomic mass is 16.5. The molecule has 2 saturated heterocycles. The van der Waals surface area contributed by atoms with Crippen LogP contribution in [0.25, 0.3) is 0 Å². The van der Waals surface area contributed by atoms with Gasteiger partial charge in [-0.1, -0.05) is 6.08 Å².